The number of amides is 1. The summed E-state index contributed by atoms with van der Waals surface area (Å²) in [7, 11) is 0. The van der Waals surface area contributed by atoms with Crippen molar-refractivity contribution in [3.05, 3.63) is 96.3 Å². The van der Waals surface area contributed by atoms with E-state index in [-0.39, 0.29) is 5.91 Å². The molecular weight excluding hydrogens is 362 g/mol. The van der Waals surface area contributed by atoms with E-state index in [4.69, 9.17) is 9.72 Å². The van der Waals surface area contributed by atoms with Gasteiger partial charge in [0.25, 0.3) is 5.91 Å². The fraction of sp³-hybridized carbons (Fsp3) is 0.167. The van der Waals surface area contributed by atoms with Gasteiger partial charge in [-0.2, -0.15) is 0 Å². The summed E-state index contributed by atoms with van der Waals surface area (Å²) in [6.45, 7) is 1.76. The fourth-order valence-corrected chi connectivity index (χ4v) is 3.29. The average molecular weight is 385 g/mol. The third-order valence-corrected chi connectivity index (χ3v) is 4.71. The van der Waals surface area contributed by atoms with Gasteiger partial charge >= 0.3 is 0 Å². The van der Waals surface area contributed by atoms with Crippen molar-refractivity contribution in [3.8, 4) is 5.75 Å². The third-order valence-electron chi connectivity index (χ3n) is 4.71. The number of hydrogen-bond donors (Lipinski definition) is 1. The summed E-state index contributed by atoms with van der Waals surface area (Å²) in [5, 5.41) is 2.98. The Kier molecular flexibility index (Phi) is 5.86. The van der Waals surface area contributed by atoms with Crippen LogP contribution in [0.1, 0.15) is 22.6 Å². The predicted octanol–water partition coefficient (Wildman–Crippen LogP) is 4.44. The maximum atomic E-state index is 12.4. The molecule has 1 amide bonds. The summed E-state index contributed by atoms with van der Waals surface area (Å²) in [6, 6.07) is 27.1. The Morgan fingerprint density at radius 1 is 0.897 bits per heavy atom. The molecule has 0 saturated heterocycles. The minimum Gasteiger partial charge on any atom is -0.494 e. The number of carbonyl (C=O) groups is 1. The molecule has 0 aliphatic heterocycles. The molecule has 0 saturated carbocycles. The number of nitrogens with one attached hydrogen (secondary N) is 1. The molecule has 1 N–H and O–H groups in total. The number of rotatable bonds is 8. The van der Waals surface area contributed by atoms with E-state index >= 15 is 0 Å². The standard InChI is InChI=1S/C24H23N3O2/c28-24(19-10-3-1-4-11-19)25-18-23-26-21-14-7-8-15-22(21)27(23)16-9-17-29-20-12-5-2-6-13-20/h1-8,10-15H,9,16-18H2,(H,25,28). The van der Waals surface area contributed by atoms with Crippen molar-refractivity contribution in [2.75, 3.05) is 6.61 Å². The molecule has 29 heavy (non-hydrogen) atoms. The number of fused-ring (bicyclic) bond motifs is 1. The predicted molar refractivity (Wildman–Crippen MR) is 114 cm³/mol. The van der Waals surface area contributed by atoms with Gasteiger partial charge in [-0.1, -0.05) is 48.5 Å². The first kappa shape index (κ1) is 18.7. The molecule has 5 nitrogen and oxygen atoms in total. The molecule has 4 rings (SSSR count). The Hall–Kier alpha value is -3.60. The fourth-order valence-electron chi connectivity index (χ4n) is 3.29. The summed E-state index contributed by atoms with van der Waals surface area (Å²) in [5.41, 5.74) is 2.64. The second-order valence-electron chi connectivity index (χ2n) is 6.73. The Labute approximate surface area is 170 Å². The van der Waals surface area contributed by atoms with Crippen molar-refractivity contribution >= 4 is 16.9 Å². The first-order chi connectivity index (χ1) is 14.3. The molecule has 0 fully saturated rings. The van der Waals surface area contributed by atoms with Crippen molar-refractivity contribution in [2.24, 2.45) is 0 Å². The normalized spacial score (nSPS) is 10.8. The second kappa shape index (κ2) is 9.06. The number of para-hydroxylation sites is 3. The minimum atomic E-state index is -0.100. The van der Waals surface area contributed by atoms with Gasteiger partial charge in [-0.15, -0.1) is 0 Å². The van der Waals surface area contributed by atoms with E-state index in [0.29, 0.717) is 18.7 Å². The number of hydrogen-bond acceptors (Lipinski definition) is 3. The van der Waals surface area contributed by atoms with Gasteiger partial charge in [-0.05, 0) is 42.8 Å². The van der Waals surface area contributed by atoms with E-state index in [1.54, 1.807) is 12.1 Å². The molecule has 1 heterocycles. The lowest BCUT2D eigenvalue weighted by molar-refractivity contribution is 0.0949. The smallest absolute Gasteiger partial charge is 0.251 e. The summed E-state index contributed by atoms with van der Waals surface area (Å²) < 4.78 is 7.97. The maximum absolute atomic E-state index is 12.4. The quantitative estimate of drug-likeness (QED) is 0.456. The lowest BCUT2D eigenvalue weighted by atomic mass is 10.2. The van der Waals surface area contributed by atoms with Crippen molar-refractivity contribution in [3.63, 3.8) is 0 Å². The van der Waals surface area contributed by atoms with Gasteiger partial charge in [-0.25, -0.2) is 4.98 Å². The van der Waals surface area contributed by atoms with Crippen LogP contribution in [0.2, 0.25) is 0 Å². The Bertz CT molecular complexity index is 1080. The van der Waals surface area contributed by atoms with Crippen molar-refractivity contribution in [1.29, 1.82) is 0 Å². The lowest BCUT2D eigenvalue weighted by Gasteiger charge is -2.11. The van der Waals surface area contributed by atoms with Crippen molar-refractivity contribution in [2.45, 2.75) is 19.5 Å². The molecule has 0 aliphatic rings. The van der Waals surface area contributed by atoms with Gasteiger partial charge in [0.2, 0.25) is 0 Å². The molecule has 1 aromatic heterocycles. The van der Waals surface area contributed by atoms with Gasteiger partial charge in [0, 0.05) is 12.1 Å². The zero-order chi connectivity index (χ0) is 19.9. The second-order valence-corrected chi connectivity index (χ2v) is 6.73. The number of ether oxygens (including phenoxy) is 1. The maximum Gasteiger partial charge on any atom is 0.251 e. The molecule has 0 spiro atoms. The van der Waals surface area contributed by atoms with Crippen molar-refractivity contribution < 1.29 is 9.53 Å². The van der Waals surface area contributed by atoms with Crippen LogP contribution in [0, 0.1) is 0 Å². The Morgan fingerprint density at radius 3 is 2.38 bits per heavy atom. The van der Waals surface area contributed by atoms with Gasteiger partial charge in [-0.3, -0.25) is 4.79 Å². The summed E-state index contributed by atoms with van der Waals surface area (Å²) in [5.74, 6) is 1.62. The number of nitrogens with zero attached hydrogens (tertiary/aromatic N) is 2. The van der Waals surface area contributed by atoms with E-state index < -0.39 is 0 Å². The molecule has 3 aromatic carbocycles. The first-order valence-electron chi connectivity index (χ1n) is 9.76. The lowest BCUT2D eigenvalue weighted by Crippen LogP contribution is -2.24. The Morgan fingerprint density at radius 2 is 1.59 bits per heavy atom. The first-order valence-corrected chi connectivity index (χ1v) is 9.76. The van der Waals surface area contributed by atoms with E-state index in [1.807, 2.05) is 66.7 Å². The highest BCUT2D eigenvalue weighted by Crippen LogP contribution is 2.17. The SMILES string of the molecule is O=C(NCc1nc2ccccc2n1CCCOc1ccccc1)c1ccccc1. The third kappa shape index (κ3) is 4.63. The van der Waals surface area contributed by atoms with Gasteiger partial charge in [0.15, 0.2) is 0 Å². The van der Waals surface area contributed by atoms with E-state index in [0.717, 1.165) is 35.6 Å². The number of benzene rings is 3. The van der Waals surface area contributed by atoms with Crippen LogP contribution >= 0.6 is 0 Å². The number of aromatic nitrogens is 2. The van der Waals surface area contributed by atoms with Gasteiger partial charge in [0.05, 0.1) is 24.2 Å². The summed E-state index contributed by atoms with van der Waals surface area (Å²) in [6.07, 6.45) is 0.842. The van der Waals surface area contributed by atoms with E-state index in [2.05, 4.69) is 16.0 Å². The van der Waals surface area contributed by atoms with E-state index in [9.17, 15) is 4.79 Å². The highest BCUT2D eigenvalue weighted by atomic mass is 16.5. The van der Waals surface area contributed by atoms with E-state index in [1.165, 1.54) is 0 Å². The van der Waals surface area contributed by atoms with Crippen LogP contribution in [-0.2, 0) is 13.1 Å². The highest BCUT2D eigenvalue weighted by Gasteiger charge is 2.12. The van der Waals surface area contributed by atoms with Crippen LogP contribution in [0.5, 0.6) is 5.75 Å². The molecule has 0 bridgehead atoms. The van der Waals surface area contributed by atoms with Crippen molar-refractivity contribution in [1.82, 2.24) is 14.9 Å². The largest absolute Gasteiger partial charge is 0.494 e. The van der Waals surface area contributed by atoms with Crippen LogP contribution in [0.15, 0.2) is 84.9 Å². The molecule has 5 heteroatoms. The van der Waals surface area contributed by atoms with Gasteiger partial charge < -0.3 is 14.6 Å². The zero-order valence-electron chi connectivity index (χ0n) is 16.1. The molecule has 0 aliphatic carbocycles. The monoisotopic (exact) mass is 385 g/mol. The Balaban J connectivity index is 1.43. The molecular formula is C24H23N3O2. The molecule has 4 aromatic rings. The zero-order valence-corrected chi connectivity index (χ0v) is 16.1. The number of imidazole rings is 1. The van der Waals surface area contributed by atoms with Gasteiger partial charge in [0.1, 0.15) is 11.6 Å². The summed E-state index contributed by atoms with van der Waals surface area (Å²) in [4.78, 5) is 17.1. The van der Waals surface area contributed by atoms with Crippen LogP contribution in [0.4, 0.5) is 0 Å². The summed E-state index contributed by atoms with van der Waals surface area (Å²) >= 11 is 0. The average Bonchev–Trinajstić information content (AvgIpc) is 3.14. The highest BCUT2D eigenvalue weighted by molar-refractivity contribution is 5.94. The molecule has 146 valence electrons. The molecule has 0 unspecified atom stereocenters. The topological polar surface area (TPSA) is 56.2 Å². The molecule has 0 radical (unpaired) electrons. The van der Waals surface area contributed by atoms with Crippen LogP contribution in [-0.4, -0.2) is 22.1 Å². The van der Waals surface area contributed by atoms with Crippen LogP contribution in [0.25, 0.3) is 11.0 Å². The van der Waals surface area contributed by atoms with Crippen LogP contribution < -0.4 is 10.1 Å². The number of carbonyl (C=O) groups excluding carboxylic acids is 1. The number of aryl methyl sites for hydroxylation is 1. The minimum absolute atomic E-state index is 0.100. The van der Waals surface area contributed by atoms with Crippen LogP contribution in [0.3, 0.4) is 0 Å². The molecule has 0 atom stereocenters.